The topological polar surface area (TPSA) is 41.9 Å². The Hall–Kier alpha value is -2.37. The normalized spacial score (nSPS) is 11.8. The fourth-order valence-corrected chi connectivity index (χ4v) is 2.96. The highest BCUT2D eigenvalue weighted by Gasteiger charge is 2.19. The second-order valence-corrected chi connectivity index (χ2v) is 6.64. The molecule has 3 aromatic rings. The van der Waals surface area contributed by atoms with Crippen molar-refractivity contribution in [1.29, 1.82) is 0 Å². The fourth-order valence-electron chi connectivity index (χ4n) is 2.61. The number of anilines is 1. The van der Waals surface area contributed by atoms with Crippen LogP contribution in [0.15, 0.2) is 60.9 Å². The lowest BCUT2D eigenvalue weighted by Crippen LogP contribution is -2.34. The Labute approximate surface area is 157 Å². The van der Waals surface area contributed by atoms with Crippen molar-refractivity contribution in [2.45, 2.75) is 13.0 Å². The van der Waals surface area contributed by atoms with Crippen molar-refractivity contribution < 1.29 is 0 Å². The molecule has 4 nitrogen and oxygen atoms in total. The van der Waals surface area contributed by atoms with Gasteiger partial charge in [0.25, 0.3) is 0 Å². The van der Waals surface area contributed by atoms with Crippen molar-refractivity contribution in [2.75, 3.05) is 5.32 Å². The standard InChI is InChI=1S/C19H19ClN4S/c1-13-5-3-4-6-16(13)22-19(25)23-17(18-21-11-12-24(18)2)14-7-9-15(20)10-8-14/h3-12,17H,1-2H3,(H2,22,23,25)/t17-/m0/s1. The van der Waals surface area contributed by atoms with Gasteiger partial charge in [-0.1, -0.05) is 41.9 Å². The molecule has 25 heavy (non-hydrogen) atoms. The van der Waals surface area contributed by atoms with Crippen molar-refractivity contribution in [1.82, 2.24) is 14.9 Å². The van der Waals surface area contributed by atoms with Crippen LogP contribution in [0.4, 0.5) is 5.69 Å². The summed E-state index contributed by atoms with van der Waals surface area (Å²) in [6.07, 6.45) is 3.69. The highest BCUT2D eigenvalue weighted by Crippen LogP contribution is 2.23. The number of hydrogen-bond donors (Lipinski definition) is 2. The molecule has 0 fully saturated rings. The molecule has 1 atom stereocenters. The molecule has 0 radical (unpaired) electrons. The molecule has 0 amide bonds. The number of benzene rings is 2. The van der Waals surface area contributed by atoms with Crippen molar-refractivity contribution >= 4 is 34.6 Å². The molecule has 2 aromatic carbocycles. The Bertz CT molecular complexity index is 873. The minimum atomic E-state index is -0.179. The summed E-state index contributed by atoms with van der Waals surface area (Å²) < 4.78 is 1.97. The second-order valence-electron chi connectivity index (χ2n) is 5.79. The van der Waals surface area contributed by atoms with E-state index in [0.717, 1.165) is 22.6 Å². The van der Waals surface area contributed by atoms with Gasteiger partial charge < -0.3 is 15.2 Å². The zero-order valence-corrected chi connectivity index (χ0v) is 15.6. The third-order valence-corrected chi connectivity index (χ3v) is 4.46. The molecule has 0 saturated heterocycles. The van der Waals surface area contributed by atoms with E-state index >= 15 is 0 Å². The predicted octanol–water partition coefficient (Wildman–Crippen LogP) is 4.46. The lowest BCUT2D eigenvalue weighted by molar-refractivity contribution is 0.664. The average molecular weight is 371 g/mol. The Morgan fingerprint density at radius 1 is 1.16 bits per heavy atom. The molecule has 6 heteroatoms. The van der Waals surface area contributed by atoms with Gasteiger partial charge in [-0.05, 0) is 48.5 Å². The van der Waals surface area contributed by atoms with E-state index in [1.54, 1.807) is 6.20 Å². The summed E-state index contributed by atoms with van der Waals surface area (Å²) in [5.41, 5.74) is 3.15. The van der Waals surface area contributed by atoms with Gasteiger partial charge in [-0.2, -0.15) is 0 Å². The van der Waals surface area contributed by atoms with Gasteiger partial charge in [0.15, 0.2) is 5.11 Å². The minimum absolute atomic E-state index is 0.179. The van der Waals surface area contributed by atoms with Crippen LogP contribution in [-0.4, -0.2) is 14.7 Å². The molecule has 0 unspecified atom stereocenters. The first-order valence-corrected chi connectivity index (χ1v) is 8.69. The van der Waals surface area contributed by atoms with E-state index in [0.29, 0.717) is 10.1 Å². The maximum Gasteiger partial charge on any atom is 0.171 e. The SMILES string of the molecule is Cc1ccccc1NC(=S)N[C@@H](c1ccc(Cl)cc1)c1nccn1C. The highest BCUT2D eigenvalue weighted by atomic mass is 35.5. The van der Waals surface area contributed by atoms with E-state index < -0.39 is 0 Å². The first-order valence-electron chi connectivity index (χ1n) is 7.90. The van der Waals surface area contributed by atoms with Crippen molar-refractivity contribution in [3.05, 3.63) is 82.9 Å². The van der Waals surface area contributed by atoms with Crippen molar-refractivity contribution in [3.63, 3.8) is 0 Å². The summed E-state index contributed by atoms with van der Waals surface area (Å²) in [4.78, 5) is 4.47. The summed E-state index contributed by atoms with van der Waals surface area (Å²) in [7, 11) is 1.96. The fraction of sp³-hybridized carbons (Fsp3) is 0.158. The molecule has 0 saturated carbocycles. The molecule has 0 aliphatic rings. The second kappa shape index (κ2) is 7.68. The maximum absolute atomic E-state index is 6.02. The number of imidazole rings is 1. The number of thiocarbonyl (C=S) groups is 1. The third kappa shape index (κ3) is 4.18. The van der Waals surface area contributed by atoms with Gasteiger partial charge in [-0.25, -0.2) is 4.98 Å². The highest BCUT2D eigenvalue weighted by molar-refractivity contribution is 7.80. The van der Waals surface area contributed by atoms with Gasteiger partial charge in [0.1, 0.15) is 11.9 Å². The number of aromatic nitrogens is 2. The monoisotopic (exact) mass is 370 g/mol. The molecule has 0 aliphatic carbocycles. The quantitative estimate of drug-likeness (QED) is 0.665. The summed E-state index contributed by atoms with van der Waals surface area (Å²) in [6, 6.07) is 15.5. The summed E-state index contributed by atoms with van der Waals surface area (Å²) in [5, 5.41) is 7.86. The molecule has 128 valence electrons. The van der Waals surface area contributed by atoms with Gasteiger partial charge >= 0.3 is 0 Å². The van der Waals surface area contributed by atoms with Crippen molar-refractivity contribution in [2.24, 2.45) is 7.05 Å². The van der Waals surface area contributed by atoms with E-state index in [4.69, 9.17) is 23.8 Å². The molecule has 1 aromatic heterocycles. The van der Waals surface area contributed by atoms with Gasteiger partial charge in [0.05, 0.1) is 0 Å². The number of para-hydroxylation sites is 1. The van der Waals surface area contributed by atoms with Crippen LogP contribution in [0.5, 0.6) is 0 Å². The van der Waals surface area contributed by atoms with Gasteiger partial charge in [0, 0.05) is 30.2 Å². The molecular weight excluding hydrogens is 352 g/mol. The van der Waals surface area contributed by atoms with Gasteiger partial charge in [-0.15, -0.1) is 0 Å². The average Bonchev–Trinajstić information content (AvgIpc) is 3.01. The number of rotatable bonds is 4. The lowest BCUT2D eigenvalue weighted by Gasteiger charge is -2.22. The number of hydrogen-bond acceptors (Lipinski definition) is 2. The predicted molar refractivity (Wildman–Crippen MR) is 107 cm³/mol. The maximum atomic E-state index is 6.02. The summed E-state index contributed by atoms with van der Waals surface area (Å²) in [5.74, 6) is 0.872. The van der Waals surface area contributed by atoms with Gasteiger partial charge in [-0.3, -0.25) is 0 Å². The summed E-state index contributed by atoms with van der Waals surface area (Å²) >= 11 is 11.6. The number of halogens is 1. The zero-order chi connectivity index (χ0) is 17.8. The smallest absolute Gasteiger partial charge is 0.171 e. The van der Waals surface area contributed by atoms with Crippen molar-refractivity contribution in [3.8, 4) is 0 Å². The molecular formula is C19H19ClN4S. The third-order valence-electron chi connectivity index (χ3n) is 3.99. The van der Waals surface area contributed by atoms with Crippen LogP contribution in [0.2, 0.25) is 5.02 Å². The first kappa shape index (κ1) is 17.5. The largest absolute Gasteiger partial charge is 0.348 e. The van der Waals surface area contributed by atoms with Crippen LogP contribution < -0.4 is 10.6 Å². The molecule has 0 bridgehead atoms. The zero-order valence-electron chi connectivity index (χ0n) is 14.0. The van der Waals surface area contributed by atoms with E-state index in [-0.39, 0.29) is 6.04 Å². The lowest BCUT2D eigenvalue weighted by atomic mass is 10.1. The molecule has 0 spiro atoms. The Morgan fingerprint density at radius 3 is 2.52 bits per heavy atom. The molecule has 2 N–H and O–H groups in total. The van der Waals surface area contributed by atoms with Crippen LogP contribution in [0.3, 0.4) is 0 Å². The number of nitrogens with zero attached hydrogens (tertiary/aromatic N) is 2. The van der Waals surface area contributed by atoms with Crippen LogP contribution >= 0.6 is 23.8 Å². The Morgan fingerprint density at radius 2 is 1.88 bits per heavy atom. The van der Waals surface area contributed by atoms with E-state index in [9.17, 15) is 0 Å². The molecule has 0 aliphatic heterocycles. The van der Waals surface area contributed by atoms with Crippen LogP contribution in [0, 0.1) is 6.92 Å². The van der Waals surface area contributed by atoms with Gasteiger partial charge in [0.2, 0.25) is 0 Å². The van der Waals surface area contributed by atoms with E-state index in [1.165, 1.54) is 0 Å². The van der Waals surface area contributed by atoms with E-state index in [2.05, 4.69) is 15.6 Å². The number of aryl methyl sites for hydroxylation is 2. The first-order chi connectivity index (χ1) is 12.0. The van der Waals surface area contributed by atoms with Crippen LogP contribution in [-0.2, 0) is 7.05 Å². The number of nitrogens with one attached hydrogen (secondary N) is 2. The molecule has 1 heterocycles. The Balaban J connectivity index is 1.85. The minimum Gasteiger partial charge on any atom is -0.348 e. The van der Waals surface area contributed by atoms with E-state index in [1.807, 2.05) is 73.3 Å². The Kier molecular flexibility index (Phi) is 5.36. The summed E-state index contributed by atoms with van der Waals surface area (Å²) in [6.45, 7) is 2.04. The van der Waals surface area contributed by atoms with Crippen LogP contribution in [0.1, 0.15) is 23.0 Å². The molecule has 3 rings (SSSR count). The van der Waals surface area contributed by atoms with Crippen LogP contribution in [0.25, 0.3) is 0 Å².